The third-order valence-electron chi connectivity index (χ3n) is 7.61. The Morgan fingerprint density at radius 1 is 0.767 bits per heavy atom. The van der Waals surface area contributed by atoms with Crippen molar-refractivity contribution in [2.45, 2.75) is 30.8 Å². The van der Waals surface area contributed by atoms with Gasteiger partial charge in [0.05, 0.1) is 7.11 Å². The lowest BCUT2D eigenvalue weighted by atomic mass is 9.98. The minimum Gasteiger partial charge on any atom is -0.496 e. The molecule has 1 aliphatic rings. The SMILES string of the molecule is COc1ccccc1CC(NN(C(=O)OCC1c2ccccc2-c2ccccc21)[C@@H](Cc1ccccc1)C(=O)O)C(=O)O. The highest BCUT2D eigenvalue weighted by molar-refractivity contribution is 5.82. The van der Waals surface area contributed by atoms with E-state index in [9.17, 15) is 24.6 Å². The zero-order valence-corrected chi connectivity index (χ0v) is 23.6. The van der Waals surface area contributed by atoms with Crippen LogP contribution in [0.25, 0.3) is 11.1 Å². The molecule has 0 saturated heterocycles. The minimum atomic E-state index is -1.46. The van der Waals surface area contributed by atoms with Gasteiger partial charge in [0.25, 0.3) is 0 Å². The summed E-state index contributed by atoms with van der Waals surface area (Å²) in [5, 5.41) is 21.2. The average Bonchev–Trinajstić information content (AvgIpc) is 3.35. The summed E-state index contributed by atoms with van der Waals surface area (Å²) >= 11 is 0. The van der Waals surface area contributed by atoms with E-state index in [0.717, 1.165) is 27.3 Å². The fourth-order valence-corrected chi connectivity index (χ4v) is 5.51. The number of methoxy groups -OCH3 is 1. The predicted molar refractivity (Wildman–Crippen MR) is 160 cm³/mol. The molecule has 1 unspecified atom stereocenters. The second-order valence-corrected chi connectivity index (χ2v) is 10.3. The van der Waals surface area contributed by atoms with Crippen LogP contribution in [0.15, 0.2) is 103 Å². The Bertz CT molecular complexity index is 1560. The summed E-state index contributed by atoms with van der Waals surface area (Å²) in [5.74, 6) is -2.38. The van der Waals surface area contributed by atoms with E-state index in [-0.39, 0.29) is 25.4 Å². The number of hydrazine groups is 1. The van der Waals surface area contributed by atoms with Gasteiger partial charge in [0, 0.05) is 18.8 Å². The molecule has 0 aromatic heterocycles. The largest absolute Gasteiger partial charge is 0.496 e. The summed E-state index contributed by atoms with van der Waals surface area (Å²) in [5.41, 5.74) is 8.01. The number of benzene rings is 4. The number of fused-ring (bicyclic) bond motifs is 3. The number of nitrogens with zero attached hydrogens (tertiary/aromatic N) is 1. The minimum absolute atomic E-state index is 0.0625. The number of nitrogens with one attached hydrogen (secondary N) is 1. The van der Waals surface area contributed by atoms with Crippen LogP contribution in [0, 0.1) is 0 Å². The van der Waals surface area contributed by atoms with Crippen molar-refractivity contribution in [3.63, 3.8) is 0 Å². The Hall–Kier alpha value is -5.15. The Morgan fingerprint density at radius 3 is 1.95 bits per heavy atom. The lowest BCUT2D eigenvalue weighted by molar-refractivity contribution is -0.148. The summed E-state index contributed by atoms with van der Waals surface area (Å²) in [6.07, 6.45) is -1.14. The van der Waals surface area contributed by atoms with Gasteiger partial charge in [-0.1, -0.05) is 97.1 Å². The number of rotatable bonds is 12. The van der Waals surface area contributed by atoms with Gasteiger partial charge in [0.15, 0.2) is 6.04 Å². The molecule has 9 heteroatoms. The maximum absolute atomic E-state index is 13.8. The lowest BCUT2D eigenvalue weighted by Crippen LogP contribution is -2.59. The Morgan fingerprint density at radius 2 is 1.35 bits per heavy atom. The first-order chi connectivity index (χ1) is 20.9. The second-order valence-electron chi connectivity index (χ2n) is 10.3. The molecular weight excluding hydrogens is 548 g/mol. The summed E-state index contributed by atoms with van der Waals surface area (Å²) in [6.45, 7) is -0.0625. The van der Waals surface area contributed by atoms with E-state index in [2.05, 4.69) is 5.43 Å². The van der Waals surface area contributed by atoms with Crippen molar-refractivity contribution < 1.29 is 34.1 Å². The number of para-hydroxylation sites is 1. The van der Waals surface area contributed by atoms with E-state index >= 15 is 0 Å². The highest BCUT2D eigenvalue weighted by Crippen LogP contribution is 2.44. The molecule has 0 radical (unpaired) electrons. The fourth-order valence-electron chi connectivity index (χ4n) is 5.51. The van der Waals surface area contributed by atoms with Crippen LogP contribution in [0.1, 0.15) is 28.2 Å². The van der Waals surface area contributed by atoms with Gasteiger partial charge in [-0.2, -0.15) is 0 Å². The molecule has 1 amide bonds. The van der Waals surface area contributed by atoms with Crippen LogP contribution in [0.5, 0.6) is 5.75 Å². The Kier molecular flexibility index (Phi) is 9.02. The molecule has 0 aliphatic heterocycles. The highest BCUT2D eigenvalue weighted by Gasteiger charge is 2.36. The van der Waals surface area contributed by atoms with Gasteiger partial charge >= 0.3 is 18.0 Å². The fraction of sp³-hybridized carbons (Fsp3) is 0.206. The Labute approximate surface area is 249 Å². The number of carbonyl (C=O) groups excluding carboxylic acids is 1. The van der Waals surface area contributed by atoms with E-state index in [0.29, 0.717) is 16.9 Å². The molecule has 0 heterocycles. The first-order valence-corrected chi connectivity index (χ1v) is 13.9. The van der Waals surface area contributed by atoms with Gasteiger partial charge < -0.3 is 19.7 Å². The van der Waals surface area contributed by atoms with Gasteiger partial charge in [-0.3, -0.25) is 4.79 Å². The highest BCUT2D eigenvalue weighted by atomic mass is 16.6. The maximum Gasteiger partial charge on any atom is 0.425 e. The number of carboxylic acids is 2. The van der Waals surface area contributed by atoms with Crippen LogP contribution >= 0.6 is 0 Å². The van der Waals surface area contributed by atoms with Crippen LogP contribution in [0.4, 0.5) is 4.79 Å². The zero-order chi connectivity index (χ0) is 30.3. The van der Waals surface area contributed by atoms with Crippen molar-refractivity contribution >= 4 is 18.0 Å². The monoisotopic (exact) mass is 580 g/mol. The average molecular weight is 581 g/mol. The number of aliphatic carboxylic acids is 2. The predicted octanol–water partition coefficient (Wildman–Crippen LogP) is 5.14. The molecule has 0 saturated carbocycles. The molecule has 0 spiro atoms. The zero-order valence-electron chi connectivity index (χ0n) is 23.6. The standard InChI is InChI=1S/C34H32N2O7/c1-42-31-18-10-5-13-23(31)20-29(32(37)38)35-36(30(33(39)40)19-22-11-3-2-4-12-22)34(41)43-21-28-26-16-8-6-14-24(26)25-15-7-9-17-27(25)28/h2-18,28-30,35H,19-21H2,1H3,(H,37,38)(H,39,40)/t29?,30-/m0/s1. The van der Waals surface area contributed by atoms with Gasteiger partial charge in [0.2, 0.25) is 0 Å². The molecule has 4 aromatic carbocycles. The van der Waals surface area contributed by atoms with Crippen molar-refractivity contribution in [1.29, 1.82) is 0 Å². The van der Waals surface area contributed by atoms with Crippen molar-refractivity contribution in [2.24, 2.45) is 0 Å². The van der Waals surface area contributed by atoms with E-state index in [1.807, 2.05) is 48.5 Å². The van der Waals surface area contributed by atoms with E-state index in [1.54, 1.807) is 54.6 Å². The second kappa shape index (κ2) is 13.2. The smallest absolute Gasteiger partial charge is 0.425 e. The lowest BCUT2D eigenvalue weighted by Gasteiger charge is -2.32. The molecule has 4 aromatic rings. The summed E-state index contributed by atoms with van der Waals surface area (Å²) in [6, 6.07) is 28.6. The molecule has 43 heavy (non-hydrogen) atoms. The van der Waals surface area contributed by atoms with Crippen molar-refractivity contribution in [3.05, 3.63) is 125 Å². The van der Waals surface area contributed by atoms with Gasteiger partial charge in [-0.15, -0.1) is 0 Å². The van der Waals surface area contributed by atoms with Crippen molar-refractivity contribution in [1.82, 2.24) is 10.4 Å². The number of carbonyl (C=O) groups is 3. The van der Waals surface area contributed by atoms with E-state index in [1.165, 1.54) is 7.11 Å². The molecule has 0 fully saturated rings. The molecule has 220 valence electrons. The van der Waals surface area contributed by atoms with Crippen LogP contribution in [0.3, 0.4) is 0 Å². The number of hydrogen-bond acceptors (Lipinski definition) is 6. The molecule has 9 nitrogen and oxygen atoms in total. The van der Waals surface area contributed by atoms with Crippen LogP contribution < -0.4 is 10.2 Å². The quantitative estimate of drug-likeness (QED) is 0.197. The van der Waals surface area contributed by atoms with Gasteiger partial charge in [0.1, 0.15) is 18.4 Å². The van der Waals surface area contributed by atoms with E-state index < -0.39 is 30.1 Å². The molecular formula is C34H32N2O7. The van der Waals surface area contributed by atoms with Crippen LogP contribution in [-0.2, 0) is 27.2 Å². The summed E-state index contributed by atoms with van der Waals surface area (Å²) in [4.78, 5) is 38.8. The molecule has 5 rings (SSSR count). The van der Waals surface area contributed by atoms with E-state index in [4.69, 9.17) is 9.47 Å². The number of hydrogen-bond donors (Lipinski definition) is 3. The summed E-state index contributed by atoms with van der Waals surface area (Å²) in [7, 11) is 1.48. The number of carboxylic acid groups (broad SMARTS) is 2. The van der Waals surface area contributed by atoms with Crippen LogP contribution in [-0.4, -0.2) is 59.1 Å². The van der Waals surface area contributed by atoms with Crippen molar-refractivity contribution in [3.8, 4) is 16.9 Å². The normalized spacial score (nSPS) is 13.3. The Balaban J connectivity index is 1.44. The number of amides is 1. The maximum atomic E-state index is 13.8. The topological polar surface area (TPSA) is 125 Å². The molecule has 1 aliphatic carbocycles. The first-order valence-electron chi connectivity index (χ1n) is 13.9. The van der Waals surface area contributed by atoms with Gasteiger partial charge in [-0.05, 0) is 39.4 Å². The molecule has 2 atom stereocenters. The first kappa shape index (κ1) is 29.3. The molecule has 3 N–H and O–H groups in total. The summed E-state index contributed by atoms with van der Waals surface area (Å²) < 4.78 is 11.2. The third kappa shape index (κ3) is 6.52. The third-order valence-corrected chi connectivity index (χ3v) is 7.61. The molecule has 0 bridgehead atoms. The number of ether oxygens (including phenoxy) is 2. The van der Waals surface area contributed by atoms with Crippen molar-refractivity contribution in [2.75, 3.05) is 13.7 Å². The van der Waals surface area contributed by atoms with Gasteiger partial charge in [-0.25, -0.2) is 20.0 Å². The van der Waals surface area contributed by atoms with Crippen LogP contribution in [0.2, 0.25) is 0 Å².